The number of carbonyl (C=O) groups excluding carboxylic acids is 1. The first kappa shape index (κ1) is 13.5. The van der Waals surface area contributed by atoms with E-state index in [1.54, 1.807) is 20.9 Å². The summed E-state index contributed by atoms with van der Waals surface area (Å²) >= 11 is 5.79. The van der Waals surface area contributed by atoms with Gasteiger partial charge in [0.05, 0.1) is 17.3 Å². The molecule has 0 saturated heterocycles. The van der Waals surface area contributed by atoms with E-state index in [4.69, 9.17) is 11.6 Å². The normalized spacial score (nSPS) is 11.1. The predicted molar refractivity (Wildman–Crippen MR) is 66.2 cm³/mol. The Balaban J connectivity index is 2.77. The molecular weight excluding hydrogens is 244 g/mol. The van der Waals surface area contributed by atoms with Gasteiger partial charge in [0.25, 0.3) is 5.56 Å². The molecule has 0 radical (unpaired) electrons. The summed E-state index contributed by atoms with van der Waals surface area (Å²) in [6, 6.07) is 0. The zero-order valence-corrected chi connectivity index (χ0v) is 10.7. The third kappa shape index (κ3) is 3.20. The molecule has 1 rings (SSSR count). The quantitative estimate of drug-likeness (QED) is 0.738. The topological polar surface area (TPSA) is 86.9 Å². The Morgan fingerprint density at radius 2 is 2.24 bits per heavy atom. The van der Waals surface area contributed by atoms with Gasteiger partial charge < -0.3 is 10.6 Å². The lowest BCUT2D eigenvalue weighted by molar-refractivity contribution is -0.128. The summed E-state index contributed by atoms with van der Waals surface area (Å²) in [5, 5.41) is 11.4. The van der Waals surface area contributed by atoms with Gasteiger partial charge in [-0.3, -0.25) is 9.59 Å². The molecule has 0 aliphatic rings. The monoisotopic (exact) mass is 258 g/mol. The molecule has 17 heavy (non-hydrogen) atoms. The van der Waals surface area contributed by atoms with Crippen molar-refractivity contribution >= 4 is 23.2 Å². The Kier molecular flexibility index (Phi) is 4.11. The molecule has 1 aromatic heterocycles. The highest BCUT2D eigenvalue weighted by Gasteiger charge is 2.26. The van der Waals surface area contributed by atoms with E-state index in [0.29, 0.717) is 12.2 Å². The average Bonchev–Trinajstić information content (AvgIpc) is 2.30. The molecule has 3 N–H and O–H groups in total. The largest absolute Gasteiger partial charge is 0.381 e. The van der Waals surface area contributed by atoms with Gasteiger partial charge in [-0.1, -0.05) is 11.6 Å². The lowest BCUT2D eigenvalue weighted by Crippen LogP contribution is -2.39. The van der Waals surface area contributed by atoms with Crippen LogP contribution in [0.1, 0.15) is 13.8 Å². The van der Waals surface area contributed by atoms with Crippen molar-refractivity contribution in [1.82, 2.24) is 15.5 Å². The van der Waals surface area contributed by atoms with Crippen LogP contribution in [0.3, 0.4) is 0 Å². The molecule has 1 heterocycles. The van der Waals surface area contributed by atoms with Crippen LogP contribution in [-0.4, -0.2) is 29.7 Å². The van der Waals surface area contributed by atoms with E-state index >= 15 is 0 Å². The number of aromatic nitrogens is 2. The van der Waals surface area contributed by atoms with E-state index in [-0.39, 0.29) is 10.9 Å². The molecule has 0 atom stereocenters. The zero-order chi connectivity index (χ0) is 13.1. The number of anilines is 1. The predicted octanol–water partition coefficient (Wildman–Crippen LogP) is 0.607. The minimum Gasteiger partial charge on any atom is -0.381 e. The summed E-state index contributed by atoms with van der Waals surface area (Å²) in [6.07, 6.45) is 1.41. The number of carbonyl (C=O) groups is 1. The standard InChI is InChI=1S/C10H15ClN4O2/c1-10(2,9(17)12-3)5-13-6-4-14-15-8(16)7(6)11/h4H,5H2,1-3H3,(H,12,17)(H2,13,15,16). The van der Waals surface area contributed by atoms with Gasteiger partial charge in [0.15, 0.2) is 0 Å². The maximum atomic E-state index is 11.5. The van der Waals surface area contributed by atoms with Gasteiger partial charge in [-0.2, -0.15) is 5.10 Å². The number of hydrogen-bond donors (Lipinski definition) is 3. The first-order valence-corrected chi connectivity index (χ1v) is 5.45. The van der Waals surface area contributed by atoms with Crippen LogP contribution < -0.4 is 16.2 Å². The van der Waals surface area contributed by atoms with E-state index in [1.807, 2.05) is 0 Å². The summed E-state index contributed by atoms with van der Waals surface area (Å²) < 4.78 is 0. The van der Waals surface area contributed by atoms with Gasteiger partial charge in [-0.05, 0) is 13.8 Å². The highest BCUT2D eigenvalue weighted by molar-refractivity contribution is 6.32. The van der Waals surface area contributed by atoms with Crippen LogP contribution >= 0.6 is 11.6 Å². The molecule has 0 bridgehead atoms. The smallest absolute Gasteiger partial charge is 0.285 e. The summed E-state index contributed by atoms with van der Waals surface area (Å²) in [4.78, 5) is 22.7. The number of nitrogens with zero attached hydrogens (tertiary/aromatic N) is 1. The van der Waals surface area contributed by atoms with Crippen molar-refractivity contribution in [3.63, 3.8) is 0 Å². The van der Waals surface area contributed by atoms with Gasteiger partial charge in [0, 0.05) is 13.6 Å². The van der Waals surface area contributed by atoms with Crippen molar-refractivity contribution in [3.8, 4) is 0 Å². The number of hydrogen-bond acceptors (Lipinski definition) is 4. The molecule has 7 heteroatoms. The van der Waals surface area contributed by atoms with E-state index in [9.17, 15) is 9.59 Å². The summed E-state index contributed by atoms with van der Waals surface area (Å²) in [6.45, 7) is 3.91. The number of H-pyrrole nitrogens is 1. The number of amides is 1. The second-order valence-corrected chi connectivity index (χ2v) is 4.62. The molecular formula is C10H15ClN4O2. The van der Waals surface area contributed by atoms with Crippen molar-refractivity contribution in [3.05, 3.63) is 21.6 Å². The fourth-order valence-corrected chi connectivity index (χ4v) is 1.40. The van der Waals surface area contributed by atoms with Crippen molar-refractivity contribution in [1.29, 1.82) is 0 Å². The first-order valence-electron chi connectivity index (χ1n) is 5.07. The second kappa shape index (κ2) is 5.18. The third-order valence-electron chi connectivity index (χ3n) is 2.36. The van der Waals surface area contributed by atoms with Crippen molar-refractivity contribution < 1.29 is 4.79 Å². The second-order valence-electron chi connectivity index (χ2n) is 4.24. The van der Waals surface area contributed by atoms with E-state index in [0.717, 1.165) is 0 Å². The lowest BCUT2D eigenvalue weighted by Gasteiger charge is -2.23. The van der Waals surface area contributed by atoms with Crippen LogP contribution in [0.4, 0.5) is 5.69 Å². The van der Waals surface area contributed by atoms with Crippen molar-refractivity contribution in [2.24, 2.45) is 5.41 Å². The molecule has 0 aromatic carbocycles. The molecule has 1 aromatic rings. The van der Waals surface area contributed by atoms with Crippen LogP contribution in [0.2, 0.25) is 5.02 Å². The van der Waals surface area contributed by atoms with Gasteiger partial charge in [-0.25, -0.2) is 5.10 Å². The molecule has 94 valence electrons. The average molecular weight is 259 g/mol. The van der Waals surface area contributed by atoms with Crippen molar-refractivity contribution in [2.45, 2.75) is 13.8 Å². The molecule has 1 amide bonds. The Morgan fingerprint density at radius 1 is 1.59 bits per heavy atom. The molecule has 0 fully saturated rings. The van der Waals surface area contributed by atoms with E-state index in [2.05, 4.69) is 20.8 Å². The maximum Gasteiger partial charge on any atom is 0.285 e. The summed E-state index contributed by atoms with van der Waals surface area (Å²) in [5.74, 6) is -0.0982. The molecule has 0 saturated carbocycles. The molecule has 0 aliphatic carbocycles. The minimum atomic E-state index is -0.610. The van der Waals surface area contributed by atoms with E-state index < -0.39 is 11.0 Å². The highest BCUT2D eigenvalue weighted by atomic mass is 35.5. The van der Waals surface area contributed by atoms with Crippen LogP contribution in [0.5, 0.6) is 0 Å². The fraction of sp³-hybridized carbons (Fsp3) is 0.500. The van der Waals surface area contributed by atoms with Crippen LogP contribution in [0, 0.1) is 5.41 Å². The Morgan fingerprint density at radius 3 is 2.82 bits per heavy atom. The fourth-order valence-electron chi connectivity index (χ4n) is 1.24. The molecule has 0 aliphatic heterocycles. The molecule has 0 spiro atoms. The Hall–Kier alpha value is -1.56. The maximum absolute atomic E-state index is 11.5. The number of aromatic amines is 1. The Bertz CT molecular complexity index is 470. The lowest BCUT2D eigenvalue weighted by atomic mass is 9.92. The molecule has 0 unspecified atom stereocenters. The first-order chi connectivity index (χ1) is 7.88. The zero-order valence-electron chi connectivity index (χ0n) is 9.93. The van der Waals surface area contributed by atoms with Crippen LogP contribution in [0.15, 0.2) is 11.0 Å². The van der Waals surface area contributed by atoms with Gasteiger partial charge in [-0.15, -0.1) is 0 Å². The van der Waals surface area contributed by atoms with Gasteiger partial charge >= 0.3 is 0 Å². The van der Waals surface area contributed by atoms with Gasteiger partial charge in [0.2, 0.25) is 5.91 Å². The Labute approximate surface area is 104 Å². The highest BCUT2D eigenvalue weighted by Crippen LogP contribution is 2.19. The number of halogens is 1. The molecule has 6 nitrogen and oxygen atoms in total. The van der Waals surface area contributed by atoms with Crippen molar-refractivity contribution in [2.75, 3.05) is 18.9 Å². The minimum absolute atomic E-state index is 0.0349. The number of rotatable bonds is 4. The third-order valence-corrected chi connectivity index (χ3v) is 2.73. The van der Waals surface area contributed by atoms with E-state index in [1.165, 1.54) is 6.20 Å². The van der Waals surface area contributed by atoms with Crippen LogP contribution in [-0.2, 0) is 4.79 Å². The van der Waals surface area contributed by atoms with Gasteiger partial charge in [0.1, 0.15) is 5.02 Å². The summed E-state index contributed by atoms with van der Waals surface area (Å²) in [7, 11) is 1.58. The van der Waals surface area contributed by atoms with Crippen LogP contribution in [0.25, 0.3) is 0 Å². The number of nitrogens with one attached hydrogen (secondary N) is 3. The SMILES string of the molecule is CNC(=O)C(C)(C)CNc1cn[nH]c(=O)c1Cl. The summed E-state index contributed by atoms with van der Waals surface area (Å²) in [5.41, 5.74) is -0.664.